The SMILES string of the molecule is OC(COCc1ccccc1)CN(Cc1ccc(F)cc1)CC1CC(c2ccccc2)=NO1. The molecule has 2 atom stereocenters. The maximum absolute atomic E-state index is 13.3. The molecule has 172 valence electrons. The second-order valence-electron chi connectivity index (χ2n) is 8.31. The molecule has 0 aromatic heterocycles. The first-order valence-electron chi connectivity index (χ1n) is 11.2. The van der Waals surface area contributed by atoms with Crippen LogP contribution in [0.5, 0.6) is 0 Å². The fourth-order valence-electron chi connectivity index (χ4n) is 3.90. The number of rotatable bonds is 11. The van der Waals surface area contributed by atoms with Gasteiger partial charge in [0.15, 0.2) is 0 Å². The van der Waals surface area contributed by atoms with Crippen molar-refractivity contribution in [2.24, 2.45) is 5.16 Å². The molecule has 0 spiro atoms. The van der Waals surface area contributed by atoms with Gasteiger partial charge in [0.05, 0.1) is 25.0 Å². The summed E-state index contributed by atoms with van der Waals surface area (Å²) in [6, 6.07) is 26.3. The van der Waals surface area contributed by atoms with E-state index in [0.717, 1.165) is 22.4 Å². The highest BCUT2D eigenvalue weighted by Crippen LogP contribution is 2.19. The molecule has 0 bridgehead atoms. The van der Waals surface area contributed by atoms with Crippen LogP contribution < -0.4 is 0 Å². The number of nitrogens with zero attached hydrogens (tertiary/aromatic N) is 2. The standard InChI is InChI=1S/C27H29FN2O3/c28-24-13-11-21(12-14-24)16-30(17-25(31)20-32-19-22-7-3-1-4-8-22)18-26-15-27(29-33-26)23-9-5-2-6-10-23/h1-14,25-26,31H,15-20H2. The van der Waals surface area contributed by atoms with Crippen LogP contribution in [0.2, 0.25) is 0 Å². The molecule has 1 N–H and O–H groups in total. The van der Waals surface area contributed by atoms with Crippen molar-refractivity contribution in [1.82, 2.24) is 4.90 Å². The monoisotopic (exact) mass is 448 g/mol. The minimum Gasteiger partial charge on any atom is -0.390 e. The van der Waals surface area contributed by atoms with Gasteiger partial charge in [0.2, 0.25) is 0 Å². The first-order chi connectivity index (χ1) is 16.2. The lowest BCUT2D eigenvalue weighted by atomic mass is 10.0. The minimum atomic E-state index is -0.662. The summed E-state index contributed by atoms with van der Waals surface area (Å²) in [7, 11) is 0. The Balaban J connectivity index is 1.33. The minimum absolute atomic E-state index is 0.113. The Morgan fingerprint density at radius 3 is 2.39 bits per heavy atom. The van der Waals surface area contributed by atoms with Crippen LogP contribution in [0.3, 0.4) is 0 Å². The van der Waals surface area contributed by atoms with Crippen LogP contribution in [-0.4, -0.2) is 47.6 Å². The molecule has 0 saturated heterocycles. The summed E-state index contributed by atoms with van der Waals surface area (Å²) in [5, 5.41) is 14.9. The average molecular weight is 449 g/mol. The zero-order valence-corrected chi connectivity index (χ0v) is 18.5. The molecule has 0 amide bonds. The number of benzene rings is 3. The Labute approximate surface area is 194 Å². The van der Waals surface area contributed by atoms with Crippen molar-refractivity contribution in [3.63, 3.8) is 0 Å². The molecule has 0 aliphatic carbocycles. The largest absolute Gasteiger partial charge is 0.390 e. The number of ether oxygens (including phenoxy) is 1. The van der Waals surface area contributed by atoms with E-state index in [1.807, 2.05) is 60.7 Å². The van der Waals surface area contributed by atoms with Crippen LogP contribution in [0.4, 0.5) is 4.39 Å². The van der Waals surface area contributed by atoms with E-state index >= 15 is 0 Å². The number of hydrogen-bond acceptors (Lipinski definition) is 5. The summed E-state index contributed by atoms with van der Waals surface area (Å²) in [4.78, 5) is 7.81. The van der Waals surface area contributed by atoms with Crippen molar-refractivity contribution in [3.8, 4) is 0 Å². The average Bonchev–Trinajstić information content (AvgIpc) is 3.30. The van der Waals surface area contributed by atoms with Crippen LogP contribution in [0, 0.1) is 5.82 Å². The Bertz CT molecular complexity index is 1010. The third kappa shape index (κ3) is 7.22. The van der Waals surface area contributed by atoms with Crippen molar-refractivity contribution < 1.29 is 19.1 Å². The highest BCUT2D eigenvalue weighted by atomic mass is 19.1. The first kappa shape index (κ1) is 23.1. The maximum Gasteiger partial charge on any atom is 0.145 e. The number of aliphatic hydroxyl groups is 1. The molecular formula is C27H29FN2O3. The highest BCUT2D eigenvalue weighted by Gasteiger charge is 2.25. The number of aliphatic hydroxyl groups excluding tert-OH is 1. The van der Waals surface area contributed by atoms with Crippen molar-refractivity contribution in [2.75, 3.05) is 19.7 Å². The quantitative estimate of drug-likeness (QED) is 0.473. The fraction of sp³-hybridized carbons (Fsp3) is 0.296. The number of oxime groups is 1. The lowest BCUT2D eigenvalue weighted by Crippen LogP contribution is -2.39. The highest BCUT2D eigenvalue weighted by molar-refractivity contribution is 6.01. The van der Waals surface area contributed by atoms with Gasteiger partial charge in [-0.05, 0) is 28.8 Å². The topological polar surface area (TPSA) is 54.3 Å². The molecule has 1 heterocycles. The summed E-state index contributed by atoms with van der Waals surface area (Å²) < 4.78 is 19.1. The van der Waals surface area contributed by atoms with Gasteiger partial charge in [0, 0.05) is 26.1 Å². The summed E-state index contributed by atoms with van der Waals surface area (Å²) in [5.74, 6) is -0.264. The zero-order chi connectivity index (χ0) is 22.9. The molecular weight excluding hydrogens is 419 g/mol. The van der Waals surface area contributed by atoms with E-state index in [0.29, 0.717) is 32.7 Å². The first-order valence-corrected chi connectivity index (χ1v) is 11.2. The predicted octanol–water partition coefficient (Wildman–Crippen LogP) is 4.40. The Hall–Kier alpha value is -3.06. The summed E-state index contributed by atoms with van der Waals surface area (Å²) in [6.45, 7) is 2.25. The van der Waals surface area contributed by atoms with E-state index in [9.17, 15) is 9.50 Å². The van der Waals surface area contributed by atoms with E-state index in [2.05, 4.69) is 10.1 Å². The van der Waals surface area contributed by atoms with Crippen molar-refractivity contribution >= 4 is 5.71 Å². The molecule has 4 rings (SSSR count). The van der Waals surface area contributed by atoms with E-state index in [-0.39, 0.29) is 18.5 Å². The molecule has 33 heavy (non-hydrogen) atoms. The van der Waals surface area contributed by atoms with Crippen molar-refractivity contribution in [1.29, 1.82) is 0 Å². The van der Waals surface area contributed by atoms with E-state index in [4.69, 9.17) is 9.57 Å². The predicted molar refractivity (Wildman–Crippen MR) is 126 cm³/mol. The summed E-state index contributed by atoms with van der Waals surface area (Å²) >= 11 is 0. The van der Waals surface area contributed by atoms with Gasteiger partial charge in [0.1, 0.15) is 11.9 Å². The maximum atomic E-state index is 13.3. The smallest absolute Gasteiger partial charge is 0.145 e. The van der Waals surface area contributed by atoms with Crippen LogP contribution >= 0.6 is 0 Å². The second-order valence-corrected chi connectivity index (χ2v) is 8.31. The Morgan fingerprint density at radius 2 is 1.67 bits per heavy atom. The molecule has 1 aliphatic heterocycles. The van der Waals surface area contributed by atoms with Crippen molar-refractivity contribution in [3.05, 3.63) is 107 Å². The van der Waals surface area contributed by atoms with Gasteiger partial charge < -0.3 is 14.7 Å². The lowest BCUT2D eigenvalue weighted by Gasteiger charge is -2.27. The summed E-state index contributed by atoms with van der Waals surface area (Å²) in [6.07, 6.45) is -0.0759. The molecule has 0 fully saturated rings. The number of halogens is 1. The van der Waals surface area contributed by atoms with Gasteiger partial charge in [0.25, 0.3) is 0 Å². The van der Waals surface area contributed by atoms with Gasteiger partial charge in [-0.25, -0.2) is 4.39 Å². The Morgan fingerprint density at radius 1 is 0.970 bits per heavy atom. The molecule has 0 radical (unpaired) electrons. The van der Waals surface area contributed by atoms with Gasteiger partial charge in [-0.2, -0.15) is 0 Å². The Kier molecular flexibility index (Phi) is 8.19. The molecule has 5 nitrogen and oxygen atoms in total. The molecule has 3 aromatic carbocycles. The van der Waals surface area contributed by atoms with Crippen molar-refractivity contribution in [2.45, 2.75) is 31.8 Å². The zero-order valence-electron chi connectivity index (χ0n) is 18.5. The second kappa shape index (κ2) is 11.7. The van der Waals surface area contributed by atoms with Gasteiger partial charge in [-0.1, -0.05) is 78.0 Å². The van der Waals surface area contributed by atoms with E-state index < -0.39 is 6.10 Å². The van der Waals surface area contributed by atoms with Crippen LogP contribution in [0.1, 0.15) is 23.1 Å². The molecule has 1 aliphatic rings. The van der Waals surface area contributed by atoms with E-state index in [1.54, 1.807) is 12.1 Å². The van der Waals surface area contributed by atoms with Gasteiger partial charge in [-0.3, -0.25) is 4.90 Å². The lowest BCUT2D eigenvalue weighted by molar-refractivity contribution is -0.00649. The normalized spacial score (nSPS) is 16.5. The fourth-order valence-corrected chi connectivity index (χ4v) is 3.90. The van der Waals surface area contributed by atoms with E-state index in [1.165, 1.54) is 12.1 Å². The molecule has 0 saturated carbocycles. The third-order valence-electron chi connectivity index (χ3n) is 5.51. The van der Waals surface area contributed by atoms with Gasteiger partial charge in [-0.15, -0.1) is 0 Å². The van der Waals surface area contributed by atoms with Crippen LogP contribution in [-0.2, 0) is 22.7 Å². The van der Waals surface area contributed by atoms with Crippen LogP contribution in [0.25, 0.3) is 0 Å². The molecule has 2 unspecified atom stereocenters. The molecule has 3 aromatic rings. The molecule has 6 heteroatoms. The summed E-state index contributed by atoms with van der Waals surface area (Å²) in [5.41, 5.74) is 4.02. The number of hydrogen-bond donors (Lipinski definition) is 1. The third-order valence-corrected chi connectivity index (χ3v) is 5.51. The van der Waals surface area contributed by atoms with Gasteiger partial charge >= 0.3 is 0 Å². The van der Waals surface area contributed by atoms with Crippen LogP contribution in [0.15, 0.2) is 90.1 Å².